The van der Waals surface area contributed by atoms with Crippen LogP contribution in [0.15, 0.2) is 0 Å². The fourth-order valence-corrected chi connectivity index (χ4v) is 2.89. The van der Waals surface area contributed by atoms with Crippen LogP contribution in [0.2, 0.25) is 5.02 Å². The number of aryl methyl sites for hydroxylation is 2. The Balaban J connectivity index is 2.88. The van der Waals surface area contributed by atoms with E-state index in [2.05, 4.69) is 38.1 Å². The molecular formula is C16H30ClN3O. The zero-order chi connectivity index (χ0) is 16.0. The number of ether oxygens (including phenoxy) is 1. The van der Waals surface area contributed by atoms with Crippen LogP contribution in [-0.2, 0) is 24.6 Å². The van der Waals surface area contributed by atoms with E-state index in [1.54, 1.807) is 7.11 Å². The molecule has 5 heteroatoms. The molecule has 1 N–H and O–H groups in total. The van der Waals surface area contributed by atoms with Crippen LogP contribution < -0.4 is 5.32 Å². The second kappa shape index (κ2) is 8.16. The minimum atomic E-state index is -0.149. The van der Waals surface area contributed by atoms with E-state index in [0.29, 0.717) is 6.04 Å². The molecule has 0 fully saturated rings. The molecule has 1 rings (SSSR count). The highest BCUT2D eigenvalue weighted by Gasteiger charge is 2.25. The van der Waals surface area contributed by atoms with E-state index >= 15 is 0 Å². The monoisotopic (exact) mass is 315 g/mol. The molecule has 0 amide bonds. The molecule has 21 heavy (non-hydrogen) atoms. The lowest BCUT2D eigenvalue weighted by Crippen LogP contribution is -2.39. The first-order valence-corrected chi connectivity index (χ1v) is 8.21. The summed E-state index contributed by atoms with van der Waals surface area (Å²) in [6.07, 6.45) is 3.79. The number of rotatable bonds is 9. The summed E-state index contributed by atoms with van der Waals surface area (Å²) in [4.78, 5) is 0. The minimum Gasteiger partial charge on any atom is -0.379 e. The third kappa shape index (κ3) is 5.28. The maximum Gasteiger partial charge on any atom is 0.0850 e. The highest BCUT2D eigenvalue weighted by Crippen LogP contribution is 2.25. The van der Waals surface area contributed by atoms with Crippen LogP contribution in [0.25, 0.3) is 0 Å². The summed E-state index contributed by atoms with van der Waals surface area (Å²) in [6, 6.07) is 0.331. The number of halogens is 1. The maximum absolute atomic E-state index is 6.47. The molecule has 0 saturated carbocycles. The van der Waals surface area contributed by atoms with Crippen molar-refractivity contribution in [3.05, 3.63) is 16.4 Å². The smallest absolute Gasteiger partial charge is 0.0850 e. The van der Waals surface area contributed by atoms with Gasteiger partial charge >= 0.3 is 0 Å². The van der Waals surface area contributed by atoms with Crippen molar-refractivity contribution in [3.63, 3.8) is 0 Å². The first-order valence-electron chi connectivity index (χ1n) is 7.83. The highest BCUT2D eigenvalue weighted by molar-refractivity contribution is 6.31. The van der Waals surface area contributed by atoms with E-state index in [9.17, 15) is 0 Å². The van der Waals surface area contributed by atoms with Crippen molar-refractivity contribution >= 4 is 11.6 Å². The first kappa shape index (κ1) is 18.5. The van der Waals surface area contributed by atoms with E-state index in [1.807, 2.05) is 11.7 Å². The maximum atomic E-state index is 6.47. The van der Waals surface area contributed by atoms with Gasteiger partial charge in [0.2, 0.25) is 0 Å². The molecule has 0 spiro atoms. The van der Waals surface area contributed by atoms with Gasteiger partial charge in [0.05, 0.1) is 22.0 Å². The standard InChI is InChI=1S/C16H30ClN3O/c1-7-9-18-12(11-16(3,4)21-6)10-14-15(17)13(8-2)19-20(14)5/h12,18H,7-11H2,1-6H3. The molecule has 1 aromatic heterocycles. The highest BCUT2D eigenvalue weighted by atomic mass is 35.5. The Morgan fingerprint density at radius 1 is 1.38 bits per heavy atom. The molecule has 1 aromatic rings. The average Bonchev–Trinajstić information content (AvgIpc) is 2.71. The summed E-state index contributed by atoms with van der Waals surface area (Å²) >= 11 is 6.47. The summed E-state index contributed by atoms with van der Waals surface area (Å²) < 4.78 is 7.50. The molecule has 122 valence electrons. The van der Waals surface area contributed by atoms with Crippen molar-refractivity contribution in [2.75, 3.05) is 13.7 Å². The Bertz CT molecular complexity index is 443. The second-order valence-corrected chi connectivity index (χ2v) is 6.59. The van der Waals surface area contributed by atoms with Crippen LogP contribution in [0.4, 0.5) is 0 Å². The Labute approximate surface area is 134 Å². The molecule has 4 nitrogen and oxygen atoms in total. The van der Waals surface area contributed by atoms with Gasteiger partial charge in [0.15, 0.2) is 0 Å². The topological polar surface area (TPSA) is 39.1 Å². The lowest BCUT2D eigenvalue weighted by Gasteiger charge is -2.29. The van der Waals surface area contributed by atoms with Gasteiger partial charge in [-0.25, -0.2) is 0 Å². The molecule has 0 bridgehead atoms. The minimum absolute atomic E-state index is 0.149. The summed E-state index contributed by atoms with van der Waals surface area (Å²) in [5.74, 6) is 0. The van der Waals surface area contributed by atoms with Gasteiger partial charge in [-0.2, -0.15) is 5.10 Å². The predicted octanol–water partition coefficient (Wildman–Crippen LogP) is 3.36. The van der Waals surface area contributed by atoms with E-state index < -0.39 is 0 Å². The predicted molar refractivity (Wildman–Crippen MR) is 89.1 cm³/mol. The lowest BCUT2D eigenvalue weighted by atomic mass is 9.95. The Hall–Kier alpha value is -0.580. The van der Waals surface area contributed by atoms with Crippen molar-refractivity contribution < 1.29 is 4.74 Å². The second-order valence-electron chi connectivity index (χ2n) is 6.21. The fraction of sp³-hybridized carbons (Fsp3) is 0.812. The van der Waals surface area contributed by atoms with Crippen molar-refractivity contribution in [2.45, 2.75) is 65.0 Å². The molecule has 0 aliphatic carbocycles. The molecule has 0 aliphatic heterocycles. The van der Waals surface area contributed by atoms with Crippen molar-refractivity contribution in [1.29, 1.82) is 0 Å². The van der Waals surface area contributed by atoms with Crippen molar-refractivity contribution in [2.24, 2.45) is 7.05 Å². The first-order chi connectivity index (χ1) is 9.84. The van der Waals surface area contributed by atoms with Gasteiger partial charge in [-0.1, -0.05) is 25.4 Å². The molecule has 0 aromatic carbocycles. The number of methoxy groups -OCH3 is 1. The van der Waals surface area contributed by atoms with Crippen molar-refractivity contribution in [1.82, 2.24) is 15.1 Å². The number of nitrogens with one attached hydrogen (secondary N) is 1. The van der Waals surface area contributed by atoms with Gasteiger partial charge in [-0.05, 0) is 39.7 Å². The summed E-state index contributed by atoms with van der Waals surface area (Å²) in [5, 5.41) is 8.93. The van der Waals surface area contributed by atoms with Crippen LogP contribution in [-0.4, -0.2) is 35.1 Å². The largest absolute Gasteiger partial charge is 0.379 e. The zero-order valence-corrected chi connectivity index (χ0v) is 15.0. The van der Waals surface area contributed by atoms with Crippen LogP contribution in [0.5, 0.6) is 0 Å². The molecule has 1 unspecified atom stereocenters. The number of nitrogens with zero attached hydrogens (tertiary/aromatic N) is 2. The van der Waals surface area contributed by atoms with Crippen LogP contribution in [0.3, 0.4) is 0 Å². The molecule has 0 aliphatic rings. The SMILES string of the molecule is CCCNC(Cc1c(Cl)c(CC)nn1C)CC(C)(C)OC. The van der Waals surface area contributed by atoms with Gasteiger partial charge < -0.3 is 10.1 Å². The van der Waals surface area contributed by atoms with Crippen LogP contribution >= 0.6 is 11.6 Å². The van der Waals surface area contributed by atoms with Crippen LogP contribution in [0, 0.1) is 0 Å². The molecule has 1 heterocycles. The Morgan fingerprint density at radius 3 is 2.52 bits per heavy atom. The fourth-order valence-electron chi connectivity index (χ4n) is 2.52. The van der Waals surface area contributed by atoms with E-state index in [0.717, 1.165) is 48.6 Å². The molecule has 0 saturated heterocycles. The number of hydrogen-bond donors (Lipinski definition) is 1. The number of hydrogen-bond acceptors (Lipinski definition) is 3. The molecule has 0 radical (unpaired) electrons. The van der Waals surface area contributed by atoms with Gasteiger partial charge in [-0.15, -0.1) is 0 Å². The average molecular weight is 316 g/mol. The Morgan fingerprint density at radius 2 is 2.05 bits per heavy atom. The summed E-state index contributed by atoms with van der Waals surface area (Å²) in [7, 11) is 3.74. The lowest BCUT2D eigenvalue weighted by molar-refractivity contribution is 0.00701. The third-order valence-electron chi connectivity index (χ3n) is 3.92. The Kier molecular flexibility index (Phi) is 7.17. The third-order valence-corrected chi connectivity index (χ3v) is 4.35. The number of aromatic nitrogens is 2. The normalized spacial score (nSPS) is 13.7. The van der Waals surface area contributed by atoms with E-state index in [4.69, 9.17) is 16.3 Å². The summed E-state index contributed by atoms with van der Waals surface area (Å²) in [5.41, 5.74) is 1.94. The molecule has 1 atom stereocenters. The van der Waals surface area contributed by atoms with E-state index in [1.165, 1.54) is 0 Å². The quantitative estimate of drug-likeness (QED) is 0.759. The van der Waals surface area contributed by atoms with E-state index in [-0.39, 0.29) is 5.60 Å². The van der Waals surface area contributed by atoms with Gasteiger partial charge in [0.1, 0.15) is 0 Å². The van der Waals surface area contributed by atoms with Gasteiger partial charge in [-0.3, -0.25) is 4.68 Å². The molecular weight excluding hydrogens is 286 g/mol. The van der Waals surface area contributed by atoms with Crippen LogP contribution in [0.1, 0.15) is 51.9 Å². The summed E-state index contributed by atoms with van der Waals surface area (Å²) in [6.45, 7) is 9.50. The van der Waals surface area contributed by atoms with Gasteiger partial charge in [0, 0.05) is 26.6 Å². The van der Waals surface area contributed by atoms with Crippen molar-refractivity contribution in [3.8, 4) is 0 Å². The zero-order valence-electron chi connectivity index (χ0n) is 14.3. The van der Waals surface area contributed by atoms with Gasteiger partial charge in [0.25, 0.3) is 0 Å².